The molecule has 23 heavy (non-hydrogen) atoms. The molecule has 2 rings (SSSR count). The summed E-state index contributed by atoms with van der Waals surface area (Å²) in [5.74, 6) is 0.187. The van der Waals surface area contributed by atoms with Crippen LogP contribution in [0.25, 0.3) is 0 Å². The second-order valence-electron chi connectivity index (χ2n) is 6.11. The maximum absolute atomic E-state index is 12.0. The molecule has 0 aliphatic heterocycles. The number of urea groups is 1. The first-order valence-corrected chi connectivity index (χ1v) is 8.53. The lowest BCUT2D eigenvalue weighted by atomic mass is 9.85. The minimum absolute atomic E-state index is 0.0855. The van der Waals surface area contributed by atoms with Gasteiger partial charge in [-0.15, -0.1) is 0 Å². The number of ether oxygens (including phenoxy) is 1. The summed E-state index contributed by atoms with van der Waals surface area (Å²) >= 11 is 0. The van der Waals surface area contributed by atoms with Crippen molar-refractivity contribution in [3.05, 3.63) is 35.4 Å². The Hall–Kier alpha value is -1.59. The monoisotopic (exact) mass is 320 g/mol. The summed E-state index contributed by atoms with van der Waals surface area (Å²) in [7, 11) is 0. The predicted octanol–water partition coefficient (Wildman–Crippen LogP) is 2.57. The molecule has 2 unspecified atom stereocenters. The summed E-state index contributed by atoms with van der Waals surface area (Å²) in [6, 6.07) is 7.98. The number of hydrogen-bond donors (Lipinski definition) is 3. The zero-order valence-electron chi connectivity index (χ0n) is 13.9. The molecule has 1 aromatic rings. The van der Waals surface area contributed by atoms with Gasteiger partial charge in [-0.05, 0) is 30.9 Å². The Morgan fingerprint density at radius 2 is 1.91 bits per heavy atom. The molecule has 1 saturated carbocycles. The van der Waals surface area contributed by atoms with Gasteiger partial charge < -0.3 is 20.5 Å². The van der Waals surface area contributed by atoms with Crippen molar-refractivity contribution in [2.75, 3.05) is 13.2 Å². The Kier molecular flexibility index (Phi) is 7.36. The van der Waals surface area contributed by atoms with Crippen LogP contribution in [-0.2, 0) is 17.9 Å². The number of aliphatic hydroxyl groups excluding tert-OH is 1. The molecule has 1 aromatic carbocycles. The largest absolute Gasteiger partial charge is 0.396 e. The Labute approximate surface area is 138 Å². The van der Waals surface area contributed by atoms with Crippen LogP contribution in [0.2, 0.25) is 0 Å². The SMILES string of the molecule is CCOCc1ccc(CNC(=O)NC2CCCCC2CO)cc1. The van der Waals surface area contributed by atoms with E-state index in [4.69, 9.17) is 4.74 Å². The molecule has 0 aromatic heterocycles. The molecule has 3 N–H and O–H groups in total. The second-order valence-corrected chi connectivity index (χ2v) is 6.11. The van der Waals surface area contributed by atoms with E-state index in [0.29, 0.717) is 19.8 Å². The molecule has 2 amide bonds. The van der Waals surface area contributed by atoms with E-state index in [-0.39, 0.29) is 24.6 Å². The number of hydrogen-bond acceptors (Lipinski definition) is 3. The highest BCUT2D eigenvalue weighted by atomic mass is 16.5. The van der Waals surface area contributed by atoms with Crippen LogP contribution in [0, 0.1) is 5.92 Å². The van der Waals surface area contributed by atoms with Crippen LogP contribution in [0.1, 0.15) is 43.7 Å². The van der Waals surface area contributed by atoms with Crippen molar-refractivity contribution in [2.24, 2.45) is 5.92 Å². The molecular weight excluding hydrogens is 292 g/mol. The van der Waals surface area contributed by atoms with Gasteiger partial charge in [0, 0.05) is 31.7 Å². The molecular formula is C18H28N2O3. The fourth-order valence-corrected chi connectivity index (χ4v) is 2.99. The number of carbonyl (C=O) groups is 1. The zero-order valence-corrected chi connectivity index (χ0v) is 13.9. The normalized spacial score (nSPS) is 21.0. The van der Waals surface area contributed by atoms with Gasteiger partial charge in [0.1, 0.15) is 0 Å². The number of nitrogens with one attached hydrogen (secondary N) is 2. The summed E-state index contributed by atoms with van der Waals surface area (Å²) < 4.78 is 5.36. The fraction of sp³-hybridized carbons (Fsp3) is 0.611. The number of rotatable bonds is 7. The highest BCUT2D eigenvalue weighted by Gasteiger charge is 2.25. The van der Waals surface area contributed by atoms with E-state index in [0.717, 1.165) is 36.8 Å². The van der Waals surface area contributed by atoms with Gasteiger partial charge in [0.25, 0.3) is 0 Å². The molecule has 2 atom stereocenters. The molecule has 0 bridgehead atoms. The Bertz CT molecular complexity index is 476. The van der Waals surface area contributed by atoms with Gasteiger partial charge in [-0.1, -0.05) is 37.1 Å². The quantitative estimate of drug-likeness (QED) is 0.723. The molecule has 5 heteroatoms. The first-order valence-electron chi connectivity index (χ1n) is 8.53. The summed E-state index contributed by atoms with van der Waals surface area (Å²) in [5.41, 5.74) is 2.19. The number of benzene rings is 1. The maximum Gasteiger partial charge on any atom is 0.315 e. The fourth-order valence-electron chi connectivity index (χ4n) is 2.99. The molecule has 1 fully saturated rings. The van der Waals surface area contributed by atoms with Crippen LogP contribution in [0.3, 0.4) is 0 Å². The van der Waals surface area contributed by atoms with E-state index in [1.807, 2.05) is 31.2 Å². The Morgan fingerprint density at radius 3 is 2.61 bits per heavy atom. The lowest BCUT2D eigenvalue weighted by Gasteiger charge is -2.30. The predicted molar refractivity (Wildman–Crippen MR) is 90.0 cm³/mol. The maximum atomic E-state index is 12.0. The van der Waals surface area contributed by atoms with E-state index in [9.17, 15) is 9.90 Å². The molecule has 0 saturated heterocycles. The first-order chi connectivity index (χ1) is 11.2. The second kappa shape index (κ2) is 9.53. The molecule has 1 aliphatic carbocycles. The van der Waals surface area contributed by atoms with Crippen molar-refractivity contribution in [2.45, 2.75) is 51.8 Å². The topological polar surface area (TPSA) is 70.6 Å². The highest BCUT2D eigenvalue weighted by Crippen LogP contribution is 2.23. The third-order valence-electron chi connectivity index (χ3n) is 4.41. The van der Waals surface area contributed by atoms with Crippen LogP contribution in [-0.4, -0.2) is 30.4 Å². The first kappa shape index (κ1) is 17.8. The van der Waals surface area contributed by atoms with Gasteiger partial charge >= 0.3 is 6.03 Å². The van der Waals surface area contributed by atoms with E-state index < -0.39 is 0 Å². The van der Waals surface area contributed by atoms with Crippen LogP contribution in [0.15, 0.2) is 24.3 Å². The molecule has 5 nitrogen and oxygen atoms in total. The highest BCUT2D eigenvalue weighted by molar-refractivity contribution is 5.74. The van der Waals surface area contributed by atoms with Crippen molar-refractivity contribution < 1.29 is 14.6 Å². The summed E-state index contributed by atoms with van der Waals surface area (Å²) in [6.07, 6.45) is 4.19. The smallest absolute Gasteiger partial charge is 0.315 e. The number of carbonyl (C=O) groups excluding carboxylic acids is 1. The van der Waals surface area contributed by atoms with Crippen molar-refractivity contribution in [3.63, 3.8) is 0 Å². The summed E-state index contributed by atoms with van der Waals surface area (Å²) in [4.78, 5) is 12.0. The van der Waals surface area contributed by atoms with Crippen molar-refractivity contribution >= 4 is 6.03 Å². The average molecular weight is 320 g/mol. The molecule has 1 aliphatic rings. The van der Waals surface area contributed by atoms with E-state index in [1.165, 1.54) is 0 Å². The molecule has 0 heterocycles. The van der Waals surface area contributed by atoms with Gasteiger partial charge in [-0.3, -0.25) is 0 Å². The minimum Gasteiger partial charge on any atom is -0.396 e. The third kappa shape index (κ3) is 5.84. The lowest BCUT2D eigenvalue weighted by Crippen LogP contribution is -2.47. The summed E-state index contributed by atoms with van der Waals surface area (Å²) in [6.45, 7) is 3.95. The van der Waals surface area contributed by atoms with Crippen molar-refractivity contribution in [1.29, 1.82) is 0 Å². The number of amides is 2. The molecule has 0 spiro atoms. The minimum atomic E-state index is -0.159. The van der Waals surface area contributed by atoms with Crippen LogP contribution in [0.4, 0.5) is 4.79 Å². The van der Waals surface area contributed by atoms with Gasteiger partial charge in [-0.25, -0.2) is 4.79 Å². The van der Waals surface area contributed by atoms with Gasteiger partial charge in [0.15, 0.2) is 0 Å². The van der Waals surface area contributed by atoms with Crippen LogP contribution >= 0.6 is 0 Å². The zero-order chi connectivity index (χ0) is 16.5. The van der Waals surface area contributed by atoms with E-state index in [1.54, 1.807) is 0 Å². The molecule has 0 radical (unpaired) electrons. The Balaban J connectivity index is 1.75. The van der Waals surface area contributed by atoms with Crippen LogP contribution in [0.5, 0.6) is 0 Å². The molecule has 128 valence electrons. The van der Waals surface area contributed by atoms with Crippen molar-refractivity contribution in [1.82, 2.24) is 10.6 Å². The average Bonchev–Trinajstić information content (AvgIpc) is 2.59. The summed E-state index contributed by atoms with van der Waals surface area (Å²) in [5, 5.41) is 15.3. The Morgan fingerprint density at radius 1 is 1.22 bits per heavy atom. The lowest BCUT2D eigenvalue weighted by molar-refractivity contribution is 0.134. The van der Waals surface area contributed by atoms with E-state index >= 15 is 0 Å². The number of aliphatic hydroxyl groups is 1. The van der Waals surface area contributed by atoms with E-state index in [2.05, 4.69) is 10.6 Å². The third-order valence-corrected chi connectivity index (χ3v) is 4.41. The van der Waals surface area contributed by atoms with Gasteiger partial charge in [-0.2, -0.15) is 0 Å². The van der Waals surface area contributed by atoms with Gasteiger partial charge in [0.2, 0.25) is 0 Å². The van der Waals surface area contributed by atoms with Gasteiger partial charge in [0.05, 0.1) is 6.61 Å². The van der Waals surface area contributed by atoms with Crippen molar-refractivity contribution in [3.8, 4) is 0 Å². The standard InChI is InChI=1S/C18H28N2O3/c1-2-23-13-15-9-7-14(8-10-15)11-19-18(22)20-17-6-4-3-5-16(17)12-21/h7-10,16-17,21H,2-6,11-13H2,1H3,(H2,19,20,22). The van der Waals surface area contributed by atoms with Crippen LogP contribution < -0.4 is 10.6 Å².